The van der Waals surface area contributed by atoms with Crippen LogP contribution in [0.4, 0.5) is 0 Å². The minimum absolute atomic E-state index is 0.389. The Balaban J connectivity index is 2.61. The van der Waals surface area contributed by atoms with Crippen molar-refractivity contribution in [3.63, 3.8) is 0 Å². The Morgan fingerprint density at radius 1 is 1.58 bits per heavy atom. The number of hydrogen-bond acceptors (Lipinski definition) is 3. The van der Waals surface area contributed by atoms with Gasteiger partial charge in [0.1, 0.15) is 11.5 Å². The highest BCUT2D eigenvalue weighted by atomic mass is 16.5. The van der Waals surface area contributed by atoms with Crippen LogP contribution >= 0.6 is 0 Å². The van der Waals surface area contributed by atoms with E-state index in [2.05, 4.69) is 16.8 Å². The molecule has 0 atom stereocenters. The van der Waals surface area contributed by atoms with Crippen molar-refractivity contribution in [1.82, 2.24) is 0 Å². The molecule has 66 valence electrons. The van der Waals surface area contributed by atoms with Crippen molar-refractivity contribution >= 4 is 0 Å². The lowest BCUT2D eigenvalue weighted by Gasteiger charge is -2.05. The maximum absolute atomic E-state index is 5.53. The van der Waals surface area contributed by atoms with E-state index in [1.54, 1.807) is 13.1 Å². The predicted molar refractivity (Wildman–Crippen MR) is 47.8 cm³/mol. The third-order valence-corrected chi connectivity index (χ3v) is 1.61. The van der Waals surface area contributed by atoms with E-state index < -0.39 is 0 Å². The summed E-state index contributed by atoms with van der Waals surface area (Å²) in [6, 6.07) is 0. The zero-order valence-electron chi connectivity index (χ0n) is 7.58. The molecule has 1 rings (SSSR count). The van der Waals surface area contributed by atoms with Crippen molar-refractivity contribution in [2.45, 2.75) is 25.9 Å². The number of allylic oxidation sites excluding steroid dienone is 2. The first-order valence-corrected chi connectivity index (χ1v) is 4.07. The first-order chi connectivity index (χ1) is 5.77. The van der Waals surface area contributed by atoms with Gasteiger partial charge in [-0.1, -0.05) is 6.58 Å². The molecule has 0 aliphatic heterocycles. The van der Waals surface area contributed by atoms with Crippen LogP contribution < -0.4 is 0 Å². The molecule has 3 nitrogen and oxygen atoms in total. The second-order valence-electron chi connectivity index (χ2n) is 2.77. The number of azo groups is 1. The highest BCUT2D eigenvalue weighted by Gasteiger charge is 2.24. The van der Waals surface area contributed by atoms with Crippen molar-refractivity contribution in [1.29, 1.82) is 0 Å². The van der Waals surface area contributed by atoms with Gasteiger partial charge in [-0.15, -0.1) is 0 Å². The maximum Gasteiger partial charge on any atom is 0.142 e. The number of nitrogens with zero attached hydrogens (tertiary/aromatic N) is 2. The molecule has 0 N–H and O–H groups in total. The van der Waals surface area contributed by atoms with Crippen LogP contribution in [0.1, 0.15) is 19.8 Å². The third kappa shape index (κ3) is 2.49. The Morgan fingerprint density at radius 2 is 2.25 bits per heavy atom. The fourth-order valence-corrected chi connectivity index (χ4v) is 0.846. The molecule has 0 spiro atoms. The first-order valence-electron chi connectivity index (χ1n) is 4.07. The van der Waals surface area contributed by atoms with Crippen molar-refractivity contribution in [2.75, 3.05) is 7.05 Å². The van der Waals surface area contributed by atoms with Gasteiger partial charge in [-0.25, -0.2) is 0 Å². The molecule has 1 fully saturated rings. The van der Waals surface area contributed by atoms with E-state index in [4.69, 9.17) is 4.74 Å². The number of rotatable bonds is 4. The zero-order chi connectivity index (χ0) is 8.97. The van der Waals surface area contributed by atoms with E-state index >= 15 is 0 Å². The van der Waals surface area contributed by atoms with E-state index in [0.717, 1.165) is 24.3 Å². The molecular formula is C9H14N2O. The monoisotopic (exact) mass is 166 g/mol. The van der Waals surface area contributed by atoms with Gasteiger partial charge in [0, 0.05) is 7.05 Å². The van der Waals surface area contributed by atoms with Gasteiger partial charge < -0.3 is 4.74 Å². The summed E-state index contributed by atoms with van der Waals surface area (Å²) in [6.07, 6.45) is 4.37. The van der Waals surface area contributed by atoms with E-state index in [-0.39, 0.29) is 0 Å². The predicted octanol–water partition coefficient (Wildman–Crippen LogP) is 2.66. The summed E-state index contributed by atoms with van der Waals surface area (Å²) in [5.41, 5.74) is 0.791. The minimum atomic E-state index is 0.389. The molecule has 1 aliphatic rings. The molecule has 0 aromatic heterocycles. The van der Waals surface area contributed by atoms with Gasteiger partial charge in [-0.3, -0.25) is 0 Å². The summed E-state index contributed by atoms with van der Waals surface area (Å²) in [4.78, 5) is 0. The molecule has 0 aromatic rings. The molecule has 1 saturated carbocycles. The van der Waals surface area contributed by atoms with Crippen LogP contribution in [0.15, 0.2) is 34.3 Å². The van der Waals surface area contributed by atoms with Gasteiger partial charge in [0.25, 0.3) is 0 Å². The Morgan fingerprint density at radius 3 is 2.67 bits per heavy atom. The highest BCUT2D eigenvalue weighted by molar-refractivity contribution is 5.16. The van der Waals surface area contributed by atoms with Crippen molar-refractivity contribution in [3.8, 4) is 0 Å². The topological polar surface area (TPSA) is 34.0 Å². The van der Waals surface area contributed by atoms with Gasteiger partial charge in [0.2, 0.25) is 0 Å². The molecule has 0 saturated heterocycles. The maximum atomic E-state index is 5.53. The van der Waals surface area contributed by atoms with Crippen LogP contribution in [0.5, 0.6) is 0 Å². The third-order valence-electron chi connectivity index (χ3n) is 1.61. The van der Waals surface area contributed by atoms with Gasteiger partial charge in [0.05, 0.1) is 6.10 Å². The Hall–Kier alpha value is -1.12. The number of ether oxygens (including phenoxy) is 1. The zero-order valence-corrected chi connectivity index (χ0v) is 7.58. The standard InChI is InChI=1S/C9H14N2O/c1-4-9(7(2)11-10-3)12-8-5-6-8/h4,8H,1,5-6H2,2-3H3/b9-7-,11-10-. The molecule has 0 radical (unpaired) electrons. The molecular weight excluding hydrogens is 152 g/mol. The fraction of sp³-hybridized carbons (Fsp3) is 0.556. The minimum Gasteiger partial charge on any atom is -0.488 e. The van der Waals surface area contributed by atoms with E-state index in [0.29, 0.717) is 6.10 Å². The van der Waals surface area contributed by atoms with Crippen molar-refractivity contribution in [3.05, 3.63) is 24.1 Å². The lowest BCUT2D eigenvalue weighted by molar-refractivity contribution is 0.205. The van der Waals surface area contributed by atoms with Crippen LogP contribution in [-0.2, 0) is 4.74 Å². The summed E-state index contributed by atoms with van der Waals surface area (Å²) in [7, 11) is 1.64. The molecule has 0 aromatic carbocycles. The summed E-state index contributed by atoms with van der Waals surface area (Å²) in [5, 5.41) is 7.56. The Kier molecular flexibility index (Phi) is 3.02. The van der Waals surface area contributed by atoms with Crippen LogP contribution in [-0.4, -0.2) is 13.2 Å². The summed E-state index contributed by atoms with van der Waals surface area (Å²) < 4.78 is 5.53. The lowest BCUT2D eigenvalue weighted by Crippen LogP contribution is -1.93. The van der Waals surface area contributed by atoms with Crippen molar-refractivity contribution < 1.29 is 4.74 Å². The summed E-state index contributed by atoms with van der Waals surface area (Å²) >= 11 is 0. The second-order valence-corrected chi connectivity index (χ2v) is 2.77. The molecule has 0 bridgehead atoms. The SMILES string of the molecule is C=C/C(OC1CC1)=C(C)/N=N\C. The van der Waals surface area contributed by atoms with Crippen LogP contribution in [0.3, 0.4) is 0 Å². The van der Waals surface area contributed by atoms with Crippen LogP contribution in [0, 0.1) is 0 Å². The van der Waals surface area contributed by atoms with Crippen LogP contribution in [0.2, 0.25) is 0 Å². The summed E-state index contributed by atoms with van der Waals surface area (Å²) in [6.45, 7) is 5.53. The van der Waals surface area contributed by atoms with Crippen LogP contribution in [0.25, 0.3) is 0 Å². The second kappa shape index (κ2) is 4.04. The molecule has 0 unspecified atom stereocenters. The van der Waals surface area contributed by atoms with E-state index in [1.165, 1.54) is 0 Å². The van der Waals surface area contributed by atoms with E-state index in [1.807, 2.05) is 6.92 Å². The molecule has 12 heavy (non-hydrogen) atoms. The molecule has 1 aliphatic carbocycles. The lowest BCUT2D eigenvalue weighted by atomic mass is 10.4. The normalized spacial score (nSPS) is 19.2. The average molecular weight is 166 g/mol. The Bertz CT molecular complexity index is 227. The average Bonchev–Trinajstić information content (AvgIpc) is 2.84. The van der Waals surface area contributed by atoms with Gasteiger partial charge in [0.15, 0.2) is 0 Å². The number of hydrogen-bond donors (Lipinski definition) is 0. The quantitative estimate of drug-likeness (QED) is 0.359. The largest absolute Gasteiger partial charge is 0.488 e. The summed E-state index contributed by atoms with van der Waals surface area (Å²) in [5.74, 6) is 0.753. The molecule has 0 amide bonds. The smallest absolute Gasteiger partial charge is 0.142 e. The highest BCUT2D eigenvalue weighted by Crippen LogP contribution is 2.27. The van der Waals surface area contributed by atoms with Gasteiger partial charge in [-0.05, 0) is 25.8 Å². The Labute approximate surface area is 72.8 Å². The van der Waals surface area contributed by atoms with Gasteiger partial charge in [-0.2, -0.15) is 10.2 Å². The first kappa shape index (κ1) is 8.97. The molecule has 3 heteroatoms. The van der Waals surface area contributed by atoms with E-state index in [9.17, 15) is 0 Å². The fourth-order valence-electron chi connectivity index (χ4n) is 0.846. The molecule has 0 heterocycles. The van der Waals surface area contributed by atoms with Crippen molar-refractivity contribution in [2.24, 2.45) is 10.2 Å². The van der Waals surface area contributed by atoms with Gasteiger partial charge >= 0.3 is 0 Å².